The summed E-state index contributed by atoms with van der Waals surface area (Å²) in [5.41, 5.74) is 2.98. The molecule has 0 saturated carbocycles. The van der Waals surface area contributed by atoms with E-state index in [0.29, 0.717) is 17.0 Å². The van der Waals surface area contributed by atoms with Crippen LogP contribution in [0.25, 0.3) is 22.5 Å². The van der Waals surface area contributed by atoms with Crippen molar-refractivity contribution in [1.82, 2.24) is 9.97 Å². The van der Waals surface area contributed by atoms with E-state index in [-0.39, 0.29) is 12.2 Å². The van der Waals surface area contributed by atoms with Gasteiger partial charge in [-0.15, -0.1) is 0 Å². The van der Waals surface area contributed by atoms with Gasteiger partial charge in [0.15, 0.2) is 0 Å². The van der Waals surface area contributed by atoms with Crippen molar-refractivity contribution in [2.24, 2.45) is 0 Å². The predicted molar refractivity (Wildman–Crippen MR) is 96.4 cm³/mol. The van der Waals surface area contributed by atoms with E-state index in [4.69, 9.17) is 4.74 Å². The predicted octanol–water partition coefficient (Wildman–Crippen LogP) is 3.59. The molecule has 0 fully saturated rings. The lowest BCUT2D eigenvalue weighted by molar-refractivity contribution is 0.0527. The number of ether oxygens (including phenoxy) is 1. The highest BCUT2D eigenvalue weighted by atomic mass is 16.5. The second-order valence-corrected chi connectivity index (χ2v) is 5.59. The van der Waals surface area contributed by atoms with Crippen molar-refractivity contribution in [3.63, 3.8) is 0 Å². The molecule has 1 heterocycles. The quantitative estimate of drug-likeness (QED) is 0.740. The SMILES string of the molecule is CCOC(=O)c1c(-c2ccccc2)nc(=O)[nH]c1-c1ccc(C)cc1. The molecule has 2 aromatic carbocycles. The molecule has 0 aliphatic carbocycles. The number of benzene rings is 2. The summed E-state index contributed by atoms with van der Waals surface area (Å²) in [6.45, 7) is 3.95. The van der Waals surface area contributed by atoms with Gasteiger partial charge in [-0.05, 0) is 19.4 Å². The van der Waals surface area contributed by atoms with Crippen molar-refractivity contribution in [3.8, 4) is 22.5 Å². The second-order valence-electron chi connectivity index (χ2n) is 5.59. The maximum Gasteiger partial charge on any atom is 0.346 e. The van der Waals surface area contributed by atoms with Gasteiger partial charge in [-0.25, -0.2) is 9.59 Å². The molecule has 0 aliphatic heterocycles. The van der Waals surface area contributed by atoms with Crippen molar-refractivity contribution in [3.05, 3.63) is 76.2 Å². The Bertz CT molecular complexity index is 945. The Balaban J connectivity index is 2.30. The summed E-state index contributed by atoms with van der Waals surface area (Å²) in [7, 11) is 0. The molecule has 0 saturated heterocycles. The average Bonchev–Trinajstić information content (AvgIpc) is 2.62. The van der Waals surface area contributed by atoms with E-state index in [1.54, 1.807) is 6.92 Å². The van der Waals surface area contributed by atoms with Gasteiger partial charge in [-0.3, -0.25) is 0 Å². The molecule has 3 aromatic rings. The Morgan fingerprint density at radius 1 is 1.04 bits per heavy atom. The van der Waals surface area contributed by atoms with Crippen LogP contribution in [0.15, 0.2) is 59.4 Å². The van der Waals surface area contributed by atoms with Gasteiger partial charge < -0.3 is 9.72 Å². The molecule has 0 spiro atoms. The fourth-order valence-electron chi connectivity index (χ4n) is 2.62. The number of hydrogen-bond donors (Lipinski definition) is 1. The lowest BCUT2D eigenvalue weighted by Crippen LogP contribution is -2.19. The van der Waals surface area contributed by atoms with Crippen LogP contribution in [0.4, 0.5) is 0 Å². The van der Waals surface area contributed by atoms with Crippen LogP contribution < -0.4 is 5.69 Å². The molecule has 1 N–H and O–H groups in total. The molecular formula is C20H18N2O3. The lowest BCUT2D eigenvalue weighted by Gasteiger charge is -2.13. The normalized spacial score (nSPS) is 10.5. The Morgan fingerprint density at radius 2 is 1.72 bits per heavy atom. The molecule has 25 heavy (non-hydrogen) atoms. The van der Waals surface area contributed by atoms with Crippen molar-refractivity contribution in [1.29, 1.82) is 0 Å². The van der Waals surface area contributed by atoms with E-state index in [9.17, 15) is 9.59 Å². The van der Waals surface area contributed by atoms with Gasteiger partial charge in [0, 0.05) is 5.56 Å². The zero-order valence-corrected chi connectivity index (χ0v) is 14.1. The molecule has 0 unspecified atom stereocenters. The Labute approximate surface area is 145 Å². The number of nitrogens with zero attached hydrogens (tertiary/aromatic N) is 1. The van der Waals surface area contributed by atoms with E-state index < -0.39 is 11.7 Å². The second kappa shape index (κ2) is 7.13. The molecule has 3 rings (SSSR count). The standard InChI is InChI=1S/C20H18N2O3/c1-3-25-19(23)16-17(14-7-5-4-6-8-14)21-20(24)22-18(16)15-11-9-13(2)10-12-15/h4-12H,3H2,1-2H3,(H,21,22,24). The van der Waals surface area contributed by atoms with Gasteiger partial charge in [0.1, 0.15) is 5.56 Å². The van der Waals surface area contributed by atoms with Gasteiger partial charge in [0.25, 0.3) is 0 Å². The molecule has 5 heteroatoms. The van der Waals surface area contributed by atoms with Gasteiger partial charge in [0.05, 0.1) is 18.0 Å². The third-order valence-electron chi connectivity index (χ3n) is 3.80. The van der Waals surface area contributed by atoms with Crippen molar-refractivity contribution in [2.75, 3.05) is 6.61 Å². The van der Waals surface area contributed by atoms with Crippen molar-refractivity contribution < 1.29 is 9.53 Å². The number of aryl methyl sites for hydroxylation is 1. The van der Waals surface area contributed by atoms with E-state index in [1.807, 2.05) is 61.5 Å². The summed E-state index contributed by atoms with van der Waals surface area (Å²) in [4.78, 5) is 31.5. The summed E-state index contributed by atoms with van der Waals surface area (Å²) in [6, 6.07) is 16.7. The molecule has 0 atom stereocenters. The first-order valence-electron chi connectivity index (χ1n) is 8.04. The number of esters is 1. The Hall–Kier alpha value is -3.21. The summed E-state index contributed by atoms with van der Waals surface area (Å²) < 4.78 is 5.21. The highest BCUT2D eigenvalue weighted by Crippen LogP contribution is 2.29. The third kappa shape index (κ3) is 3.50. The number of aromatic amines is 1. The van der Waals surface area contributed by atoms with Crippen LogP contribution in [0.5, 0.6) is 0 Å². The van der Waals surface area contributed by atoms with Crippen LogP contribution in [-0.4, -0.2) is 22.5 Å². The molecule has 126 valence electrons. The summed E-state index contributed by atoms with van der Waals surface area (Å²) in [5, 5.41) is 0. The summed E-state index contributed by atoms with van der Waals surface area (Å²) in [5.74, 6) is -0.513. The van der Waals surface area contributed by atoms with Gasteiger partial charge in [-0.2, -0.15) is 4.98 Å². The Kier molecular flexibility index (Phi) is 4.75. The maximum atomic E-state index is 12.6. The molecular weight excluding hydrogens is 316 g/mol. The average molecular weight is 334 g/mol. The zero-order chi connectivity index (χ0) is 17.8. The minimum Gasteiger partial charge on any atom is -0.462 e. The van der Waals surface area contributed by atoms with E-state index in [1.165, 1.54) is 0 Å². The molecule has 0 radical (unpaired) electrons. The first-order chi connectivity index (χ1) is 12.1. The van der Waals surface area contributed by atoms with E-state index in [0.717, 1.165) is 11.1 Å². The number of aromatic nitrogens is 2. The van der Waals surface area contributed by atoms with Crippen molar-refractivity contribution >= 4 is 5.97 Å². The first-order valence-corrected chi connectivity index (χ1v) is 8.04. The first kappa shape index (κ1) is 16.6. The van der Waals surface area contributed by atoms with Gasteiger partial charge >= 0.3 is 11.7 Å². The third-order valence-corrected chi connectivity index (χ3v) is 3.80. The number of nitrogens with one attached hydrogen (secondary N) is 1. The van der Waals surface area contributed by atoms with Crippen molar-refractivity contribution in [2.45, 2.75) is 13.8 Å². The zero-order valence-electron chi connectivity index (χ0n) is 14.1. The van der Waals surface area contributed by atoms with Gasteiger partial charge in [0.2, 0.25) is 0 Å². The Morgan fingerprint density at radius 3 is 2.36 bits per heavy atom. The largest absolute Gasteiger partial charge is 0.462 e. The van der Waals surface area contributed by atoms with E-state index in [2.05, 4.69) is 9.97 Å². The number of carbonyl (C=O) groups excluding carboxylic acids is 1. The minimum atomic E-state index is -0.513. The van der Waals surface area contributed by atoms with Gasteiger partial charge in [-0.1, -0.05) is 60.2 Å². The fraction of sp³-hybridized carbons (Fsp3) is 0.150. The summed E-state index contributed by atoms with van der Waals surface area (Å²) in [6.07, 6.45) is 0. The van der Waals surface area contributed by atoms with Crippen LogP contribution in [0.1, 0.15) is 22.8 Å². The molecule has 1 aromatic heterocycles. The van der Waals surface area contributed by atoms with E-state index >= 15 is 0 Å². The van der Waals surface area contributed by atoms with Crippen LogP contribution >= 0.6 is 0 Å². The monoisotopic (exact) mass is 334 g/mol. The maximum absolute atomic E-state index is 12.6. The summed E-state index contributed by atoms with van der Waals surface area (Å²) >= 11 is 0. The van der Waals surface area contributed by atoms with Crippen LogP contribution in [0.2, 0.25) is 0 Å². The highest BCUT2D eigenvalue weighted by Gasteiger charge is 2.22. The topological polar surface area (TPSA) is 72.0 Å². The molecule has 0 bridgehead atoms. The fourth-order valence-corrected chi connectivity index (χ4v) is 2.62. The number of hydrogen-bond acceptors (Lipinski definition) is 4. The minimum absolute atomic E-state index is 0.236. The molecule has 0 aliphatic rings. The number of carbonyl (C=O) groups is 1. The molecule has 0 amide bonds. The van der Waals surface area contributed by atoms with Crippen LogP contribution in [0, 0.1) is 6.92 Å². The van der Waals surface area contributed by atoms with Crippen LogP contribution in [0.3, 0.4) is 0 Å². The number of rotatable bonds is 4. The number of H-pyrrole nitrogens is 1. The van der Waals surface area contributed by atoms with Crippen LogP contribution in [-0.2, 0) is 4.74 Å². The molecule has 5 nitrogen and oxygen atoms in total. The lowest BCUT2D eigenvalue weighted by atomic mass is 9.99. The highest BCUT2D eigenvalue weighted by molar-refractivity contribution is 6.02. The smallest absolute Gasteiger partial charge is 0.346 e.